The standard InChI is InChI=1S/C27H23N3O3/c31-26-23(20-6-3-4-15-10-11-33-25(15)20)24(27(32)29-26)21-14-30(22-7-2-1-5-19(21)22)18-12-16-8-9-17(13-18)28-16/h1-7,10-11,14,16-18,28H,8-9,12-13H2,(H,29,31,32). The number of amides is 2. The van der Waals surface area contributed by atoms with Gasteiger partial charge in [0.05, 0.1) is 17.4 Å². The second-order valence-electron chi connectivity index (χ2n) is 9.41. The zero-order chi connectivity index (χ0) is 22.1. The highest BCUT2D eigenvalue weighted by atomic mass is 16.3. The maximum atomic E-state index is 13.1. The highest BCUT2D eigenvalue weighted by molar-refractivity contribution is 6.50. The van der Waals surface area contributed by atoms with Crippen LogP contribution in [0.2, 0.25) is 0 Å². The number of fused-ring (bicyclic) bond motifs is 4. The molecule has 164 valence electrons. The Bertz CT molecular complexity index is 1480. The third kappa shape index (κ3) is 2.77. The molecule has 6 nitrogen and oxygen atoms in total. The number of nitrogens with one attached hydrogen (secondary N) is 2. The number of para-hydroxylation sites is 2. The van der Waals surface area contributed by atoms with E-state index < -0.39 is 0 Å². The van der Waals surface area contributed by atoms with Crippen LogP contribution in [0.1, 0.15) is 42.9 Å². The van der Waals surface area contributed by atoms with Crippen LogP contribution in [0.15, 0.2) is 65.4 Å². The number of piperidine rings is 1. The monoisotopic (exact) mass is 437 g/mol. The lowest BCUT2D eigenvalue weighted by Crippen LogP contribution is -2.38. The van der Waals surface area contributed by atoms with Crippen LogP contribution in [0, 0.1) is 0 Å². The Kier molecular flexibility index (Phi) is 3.96. The lowest BCUT2D eigenvalue weighted by Gasteiger charge is -2.30. The van der Waals surface area contributed by atoms with Gasteiger partial charge >= 0.3 is 0 Å². The molecule has 2 bridgehead atoms. The molecule has 2 unspecified atom stereocenters. The molecule has 7 rings (SSSR count). The number of aromatic nitrogens is 1. The molecule has 6 heteroatoms. The molecule has 2 aromatic carbocycles. The maximum absolute atomic E-state index is 13.1. The molecule has 3 aliphatic rings. The smallest absolute Gasteiger partial charge is 0.259 e. The molecule has 3 aliphatic heterocycles. The molecule has 2 atom stereocenters. The van der Waals surface area contributed by atoms with Crippen molar-refractivity contribution in [1.29, 1.82) is 0 Å². The number of nitrogens with zero attached hydrogens (tertiary/aromatic N) is 1. The minimum atomic E-state index is -0.379. The van der Waals surface area contributed by atoms with Crippen LogP contribution in [0.3, 0.4) is 0 Å². The number of hydrogen-bond acceptors (Lipinski definition) is 4. The first-order valence-electron chi connectivity index (χ1n) is 11.6. The molecule has 0 aliphatic carbocycles. The molecule has 0 spiro atoms. The summed E-state index contributed by atoms with van der Waals surface area (Å²) in [7, 11) is 0. The van der Waals surface area contributed by atoms with Crippen molar-refractivity contribution in [3.63, 3.8) is 0 Å². The zero-order valence-corrected chi connectivity index (χ0v) is 18.0. The quantitative estimate of drug-likeness (QED) is 0.466. The van der Waals surface area contributed by atoms with E-state index in [2.05, 4.69) is 27.5 Å². The summed E-state index contributed by atoms with van der Waals surface area (Å²) in [6.45, 7) is 0. The van der Waals surface area contributed by atoms with Gasteiger partial charge in [0.15, 0.2) is 0 Å². The summed E-state index contributed by atoms with van der Waals surface area (Å²) in [6, 6.07) is 17.2. The van der Waals surface area contributed by atoms with Gasteiger partial charge in [0.1, 0.15) is 5.58 Å². The topological polar surface area (TPSA) is 76.3 Å². The van der Waals surface area contributed by atoms with Crippen LogP contribution in [-0.2, 0) is 9.59 Å². The molecule has 5 heterocycles. The molecule has 0 saturated carbocycles. The molecule has 2 aromatic heterocycles. The summed E-state index contributed by atoms with van der Waals surface area (Å²) in [6.07, 6.45) is 8.32. The van der Waals surface area contributed by atoms with Crippen molar-refractivity contribution in [2.45, 2.75) is 43.8 Å². The fraction of sp³-hybridized carbons (Fsp3) is 0.259. The van der Waals surface area contributed by atoms with Crippen LogP contribution in [0.4, 0.5) is 0 Å². The summed E-state index contributed by atoms with van der Waals surface area (Å²) in [5.41, 5.74) is 3.98. The van der Waals surface area contributed by atoms with Crippen molar-refractivity contribution in [3.05, 3.63) is 72.1 Å². The minimum Gasteiger partial charge on any atom is -0.464 e. The molecule has 2 amide bonds. The van der Waals surface area contributed by atoms with Gasteiger partial charge in [0, 0.05) is 51.7 Å². The number of carbonyl (C=O) groups excluding carboxylic acids is 2. The first-order chi connectivity index (χ1) is 16.2. The van der Waals surface area contributed by atoms with E-state index >= 15 is 0 Å². The van der Waals surface area contributed by atoms with E-state index in [1.165, 1.54) is 12.8 Å². The summed E-state index contributed by atoms with van der Waals surface area (Å²) in [4.78, 5) is 26.2. The van der Waals surface area contributed by atoms with E-state index in [0.717, 1.165) is 34.7 Å². The second kappa shape index (κ2) is 6.93. The van der Waals surface area contributed by atoms with Gasteiger partial charge in [-0.1, -0.05) is 36.4 Å². The first kappa shape index (κ1) is 18.9. The van der Waals surface area contributed by atoms with Crippen molar-refractivity contribution in [1.82, 2.24) is 15.2 Å². The van der Waals surface area contributed by atoms with Gasteiger partial charge < -0.3 is 14.3 Å². The van der Waals surface area contributed by atoms with E-state index in [9.17, 15) is 9.59 Å². The predicted octanol–water partition coefficient (Wildman–Crippen LogP) is 4.41. The lowest BCUT2D eigenvalue weighted by atomic mass is 9.95. The van der Waals surface area contributed by atoms with Crippen molar-refractivity contribution < 1.29 is 14.0 Å². The lowest BCUT2D eigenvalue weighted by molar-refractivity contribution is -0.122. The third-order valence-electron chi connectivity index (χ3n) is 7.53. The number of furan rings is 1. The van der Waals surface area contributed by atoms with Gasteiger partial charge in [-0.05, 0) is 37.8 Å². The van der Waals surface area contributed by atoms with Crippen LogP contribution >= 0.6 is 0 Å². The molecule has 4 aromatic rings. The highest BCUT2D eigenvalue weighted by Crippen LogP contribution is 2.41. The molecule has 2 saturated heterocycles. The van der Waals surface area contributed by atoms with E-state index in [0.29, 0.717) is 40.4 Å². The number of benzene rings is 2. The second-order valence-corrected chi connectivity index (χ2v) is 9.41. The predicted molar refractivity (Wildman–Crippen MR) is 126 cm³/mol. The molecule has 0 radical (unpaired) electrons. The van der Waals surface area contributed by atoms with Crippen molar-refractivity contribution in [3.8, 4) is 0 Å². The zero-order valence-electron chi connectivity index (χ0n) is 18.0. The van der Waals surface area contributed by atoms with E-state index in [-0.39, 0.29) is 11.8 Å². The Labute approximate surface area is 190 Å². The van der Waals surface area contributed by atoms with Gasteiger partial charge in [-0.15, -0.1) is 0 Å². The Morgan fingerprint density at radius 1 is 0.848 bits per heavy atom. The van der Waals surface area contributed by atoms with E-state index in [4.69, 9.17) is 4.42 Å². The molecule has 2 N–H and O–H groups in total. The van der Waals surface area contributed by atoms with Crippen LogP contribution in [0.5, 0.6) is 0 Å². The fourth-order valence-electron chi connectivity index (χ4n) is 6.12. The molecular formula is C27H23N3O3. The summed E-state index contributed by atoms with van der Waals surface area (Å²) in [5, 5.41) is 8.14. The van der Waals surface area contributed by atoms with E-state index in [1.54, 1.807) is 6.26 Å². The number of hydrogen-bond donors (Lipinski definition) is 2. The number of imide groups is 1. The van der Waals surface area contributed by atoms with Crippen LogP contribution in [-0.4, -0.2) is 28.5 Å². The summed E-state index contributed by atoms with van der Waals surface area (Å²) < 4.78 is 8.05. The Hall–Kier alpha value is -3.64. The molecular weight excluding hydrogens is 414 g/mol. The van der Waals surface area contributed by atoms with Gasteiger partial charge in [-0.25, -0.2) is 0 Å². The Balaban J connectivity index is 1.46. The maximum Gasteiger partial charge on any atom is 0.259 e. The first-order valence-corrected chi connectivity index (χ1v) is 11.6. The Morgan fingerprint density at radius 2 is 1.61 bits per heavy atom. The van der Waals surface area contributed by atoms with Crippen molar-refractivity contribution in [2.75, 3.05) is 0 Å². The van der Waals surface area contributed by atoms with Gasteiger partial charge in [-0.3, -0.25) is 14.9 Å². The number of rotatable bonds is 3. The van der Waals surface area contributed by atoms with Crippen molar-refractivity contribution in [2.24, 2.45) is 0 Å². The molecule has 2 fully saturated rings. The SMILES string of the molecule is O=C1NC(=O)C(c2cccc3ccoc23)=C1c1cn(C2CC3CCC(C2)N3)c2ccccc12. The van der Waals surface area contributed by atoms with Gasteiger partial charge in [0.25, 0.3) is 11.8 Å². The van der Waals surface area contributed by atoms with Gasteiger partial charge in [0.2, 0.25) is 0 Å². The van der Waals surface area contributed by atoms with E-state index in [1.807, 2.05) is 42.5 Å². The van der Waals surface area contributed by atoms with Crippen LogP contribution < -0.4 is 10.6 Å². The molecule has 33 heavy (non-hydrogen) atoms. The van der Waals surface area contributed by atoms with Crippen LogP contribution in [0.25, 0.3) is 33.0 Å². The normalized spacial score (nSPS) is 24.9. The minimum absolute atomic E-state index is 0.355. The summed E-state index contributed by atoms with van der Waals surface area (Å²) in [5.74, 6) is -0.734. The third-order valence-corrected chi connectivity index (χ3v) is 7.53. The number of carbonyl (C=O) groups is 2. The summed E-state index contributed by atoms with van der Waals surface area (Å²) >= 11 is 0. The average Bonchev–Trinajstić information content (AvgIpc) is 3.58. The average molecular weight is 437 g/mol. The largest absolute Gasteiger partial charge is 0.464 e. The van der Waals surface area contributed by atoms with Gasteiger partial charge in [-0.2, -0.15) is 0 Å². The van der Waals surface area contributed by atoms with Crippen molar-refractivity contribution >= 4 is 44.8 Å². The fourth-order valence-corrected chi connectivity index (χ4v) is 6.12. The Morgan fingerprint density at radius 3 is 2.42 bits per heavy atom. The highest BCUT2D eigenvalue weighted by Gasteiger charge is 2.38.